The van der Waals surface area contributed by atoms with Crippen molar-refractivity contribution in [2.24, 2.45) is 0 Å². The van der Waals surface area contributed by atoms with E-state index in [0.29, 0.717) is 17.3 Å². The molecule has 8 heteroatoms. The number of hydrogen-bond donors (Lipinski definition) is 2. The lowest BCUT2D eigenvalue weighted by Crippen LogP contribution is -2.35. The molecule has 1 saturated heterocycles. The first-order valence-corrected chi connectivity index (χ1v) is 10.9. The van der Waals surface area contributed by atoms with Gasteiger partial charge in [-0.05, 0) is 49.6 Å². The predicted octanol–water partition coefficient (Wildman–Crippen LogP) is 3.55. The van der Waals surface area contributed by atoms with E-state index >= 15 is 0 Å². The monoisotopic (exact) mass is 393 g/mol. The highest BCUT2D eigenvalue weighted by Gasteiger charge is 2.27. The lowest BCUT2D eigenvalue weighted by Gasteiger charge is -2.25. The molecule has 0 aliphatic carbocycles. The minimum atomic E-state index is -3.41. The van der Waals surface area contributed by atoms with Crippen molar-refractivity contribution in [3.63, 3.8) is 0 Å². The number of aryl methyl sites for hydroxylation is 1. The molecule has 1 aromatic carbocycles. The van der Waals surface area contributed by atoms with Gasteiger partial charge in [0.15, 0.2) is 0 Å². The first-order chi connectivity index (χ1) is 12.4. The Hall–Kier alpha value is -1.90. The highest BCUT2D eigenvalue weighted by Crippen LogP contribution is 2.27. The van der Waals surface area contributed by atoms with Gasteiger partial charge in [-0.3, -0.25) is 0 Å². The number of nitrogens with zero attached hydrogens (tertiary/aromatic N) is 1. The summed E-state index contributed by atoms with van der Waals surface area (Å²) in [5.41, 5.74) is 1.79. The Labute approximate surface area is 158 Å². The SMILES string of the molecule is Cc1cccc(NC(=O)NCc2ccc(S(=O)(=O)N3CCCCC3)s2)c1. The second kappa shape index (κ2) is 8.20. The fraction of sp³-hybridized carbons (Fsp3) is 0.389. The van der Waals surface area contributed by atoms with Crippen molar-refractivity contribution in [3.05, 3.63) is 46.8 Å². The van der Waals surface area contributed by atoms with Crippen LogP contribution in [0.1, 0.15) is 29.7 Å². The van der Waals surface area contributed by atoms with Crippen molar-refractivity contribution < 1.29 is 13.2 Å². The van der Waals surface area contributed by atoms with E-state index in [1.807, 2.05) is 31.2 Å². The van der Waals surface area contributed by atoms with Crippen LogP contribution in [0.3, 0.4) is 0 Å². The number of benzene rings is 1. The number of hydrogen-bond acceptors (Lipinski definition) is 4. The van der Waals surface area contributed by atoms with Crippen molar-refractivity contribution >= 4 is 33.1 Å². The summed E-state index contributed by atoms with van der Waals surface area (Å²) in [7, 11) is -3.41. The van der Waals surface area contributed by atoms with E-state index in [1.54, 1.807) is 16.4 Å². The van der Waals surface area contributed by atoms with E-state index in [2.05, 4.69) is 10.6 Å². The highest BCUT2D eigenvalue weighted by molar-refractivity contribution is 7.91. The molecule has 0 radical (unpaired) electrons. The van der Waals surface area contributed by atoms with E-state index in [-0.39, 0.29) is 12.6 Å². The van der Waals surface area contributed by atoms with Crippen LogP contribution in [0.2, 0.25) is 0 Å². The summed E-state index contributed by atoms with van der Waals surface area (Å²) >= 11 is 1.21. The summed E-state index contributed by atoms with van der Waals surface area (Å²) in [6, 6.07) is 10.6. The maximum Gasteiger partial charge on any atom is 0.319 e. The largest absolute Gasteiger partial charge is 0.333 e. The van der Waals surface area contributed by atoms with Crippen molar-refractivity contribution in [2.75, 3.05) is 18.4 Å². The molecule has 0 bridgehead atoms. The number of rotatable bonds is 5. The second-order valence-corrected chi connectivity index (χ2v) is 9.70. The Morgan fingerprint density at radius 3 is 2.65 bits per heavy atom. The van der Waals surface area contributed by atoms with Crippen molar-refractivity contribution in [1.29, 1.82) is 0 Å². The van der Waals surface area contributed by atoms with Gasteiger partial charge >= 0.3 is 6.03 Å². The minimum absolute atomic E-state index is 0.290. The molecule has 1 aliphatic heterocycles. The van der Waals surface area contributed by atoms with Gasteiger partial charge in [0.25, 0.3) is 10.0 Å². The molecule has 3 rings (SSSR count). The fourth-order valence-electron chi connectivity index (χ4n) is 2.89. The molecule has 0 saturated carbocycles. The van der Waals surface area contributed by atoms with Gasteiger partial charge in [0.1, 0.15) is 4.21 Å². The van der Waals surface area contributed by atoms with Gasteiger partial charge in [0.05, 0.1) is 6.54 Å². The normalized spacial score (nSPS) is 15.6. The number of carbonyl (C=O) groups is 1. The molecule has 140 valence electrons. The summed E-state index contributed by atoms with van der Waals surface area (Å²) in [5.74, 6) is 0. The van der Waals surface area contributed by atoms with Gasteiger partial charge in [0.2, 0.25) is 0 Å². The summed E-state index contributed by atoms with van der Waals surface area (Å²) in [6.45, 7) is 3.43. The minimum Gasteiger partial charge on any atom is -0.333 e. The molecule has 0 unspecified atom stereocenters. The lowest BCUT2D eigenvalue weighted by atomic mass is 10.2. The number of sulfonamides is 1. The molecule has 6 nitrogen and oxygen atoms in total. The van der Waals surface area contributed by atoms with Gasteiger partial charge < -0.3 is 10.6 Å². The average Bonchev–Trinajstić information content (AvgIpc) is 3.11. The third kappa shape index (κ3) is 4.63. The molecule has 2 aromatic rings. The van der Waals surface area contributed by atoms with E-state index in [9.17, 15) is 13.2 Å². The smallest absolute Gasteiger partial charge is 0.319 e. The molecule has 2 amide bonds. The summed E-state index contributed by atoms with van der Waals surface area (Å²) in [5, 5.41) is 5.53. The molecule has 1 aliphatic rings. The van der Waals surface area contributed by atoms with Crippen LogP contribution < -0.4 is 10.6 Å². The van der Waals surface area contributed by atoms with E-state index in [0.717, 1.165) is 35.4 Å². The summed E-state index contributed by atoms with van der Waals surface area (Å²) < 4.78 is 27.2. The van der Waals surface area contributed by atoms with E-state index in [4.69, 9.17) is 0 Å². The van der Waals surface area contributed by atoms with Crippen molar-refractivity contribution in [1.82, 2.24) is 9.62 Å². The Balaban J connectivity index is 1.57. The molecular weight excluding hydrogens is 370 g/mol. The Morgan fingerprint density at radius 2 is 1.92 bits per heavy atom. The maximum atomic E-state index is 12.6. The van der Waals surface area contributed by atoms with Gasteiger partial charge in [0, 0.05) is 23.7 Å². The predicted molar refractivity (Wildman–Crippen MR) is 104 cm³/mol. The number of nitrogens with one attached hydrogen (secondary N) is 2. The molecule has 1 fully saturated rings. The van der Waals surface area contributed by atoms with Crippen LogP contribution in [0.4, 0.5) is 10.5 Å². The van der Waals surface area contributed by atoms with Crippen molar-refractivity contribution in [2.45, 2.75) is 36.9 Å². The first-order valence-electron chi connectivity index (χ1n) is 8.65. The standard InChI is InChI=1S/C18H23N3O3S2/c1-14-6-5-7-15(12-14)20-18(22)19-13-16-8-9-17(25-16)26(23,24)21-10-3-2-4-11-21/h5-9,12H,2-4,10-11,13H2,1H3,(H2,19,20,22). The topological polar surface area (TPSA) is 78.5 Å². The number of piperidine rings is 1. The van der Waals surface area contributed by atoms with Crippen LogP contribution >= 0.6 is 11.3 Å². The number of urea groups is 1. The molecule has 0 spiro atoms. The quantitative estimate of drug-likeness (QED) is 0.815. The maximum absolute atomic E-state index is 12.6. The Kier molecular flexibility index (Phi) is 5.95. The van der Waals surface area contributed by atoms with Crippen molar-refractivity contribution in [3.8, 4) is 0 Å². The van der Waals surface area contributed by atoms with Gasteiger partial charge in [-0.1, -0.05) is 18.6 Å². The lowest BCUT2D eigenvalue weighted by molar-refractivity contribution is 0.252. The molecule has 0 atom stereocenters. The van der Waals surface area contributed by atoms with E-state index < -0.39 is 10.0 Å². The third-order valence-corrected chi connectivity index (χ3v) is 7.70. The van der Waals surface area contributed by atoms with Crippen LogP contribution in [0.25, 0.3) is 0 Å². The summed E-state index contributed by atoms with van der Waals surface area (Å²) in [4.78, 5) is 12.8. The van der Waals surface area contributed by atoms with Gasteiger partial charge in [-0.25, -0.2) is 13.2 Å². The van der Waals surface area contributed by atoms with Crippen LogP contribution in [0.15, 0.2) is 40.6 Å². The molecule has 2 heterocycles. The molecular formula is C18H23N3O3S2. The number of thiophene rings is 1. The number of anilines is 1. The first kappa shape index (κ1) is 18.9. The zero-order chi connectivity index (χ0) is 18.6. The molecule has 1 aromatic heterocycles. The number of carbonyl (C=O) groups excluding carboxylic acids is 1. The Morgan fingerprint density at radius 1 is 1.15 bits per heavy atom. The van der Waals surface area contributed by atoms with Gasteiger partial charge in [-0.2, -0.15) is 4.31 Å². The van der Waals surface area contributed by atoms with Crippen LogP contribution in [0, 0.1) is 6.92 Å². The van der Waals surface area contributed by atoms with Crippen LogP contribution in [-0.2, 0) is 16.6 Å². The third-order valence-electron chi connectivity index (χ3n) is 4.25. The van der Waals surface area contributed by atoms with Gasteiger partial charge in [-0.15, -0.1) is 11.3 Å². The molecule has 26 heavy (non-hydrogen) atoms. The average molecular weight is 394 g/mol. The summed E-state index contributed by atoms with van der Waals surface area (Å²) in [6.07, 6.45) is 2.91. The Bertz CT molecular complexity index is 871. The van der Waals surface area contributed by atoms with Crippen LogP contribution in [0.5, 0.6) is 0 Å². The number of amides is 2. The van der Waals surface area contributed by atoms with E-state index in [1.165, 1.54) is 11.3 Å². The molecule has 2 N–H and O–H groups in total. The highest BCUT2D eigenvalue weighted by atomic mass is 32.2. The second-order valence-electron chi connectivity index (χ2n) is 6.36. The van der Waals surface area contributed by atoms with Crippen LogP contribution in [-0.4, -0.2) is 31.8 Å². The zero-order valence-electron chi connectivity index (χ0n) is 14.7. The zero-order valence-corrected chi connectivity index (χ0v) is 16.3. The fourth-order valence-corrected chi connectivity index (χ4v) is 5.86.